The second-order valence-corrected chi connectivity index (χ2v) is 5.48. The van der Waals surface area contributed by atoms with E-state index in [0.29, 0.717) is 25.5 Å². The number of alkyl halides is 3. The lowest BCUT2D eigenvalue weighted by Gasteiger charge is -2.20. The maximum atomic E-state index is 12.2. The number of aliphatic imine (C=N–C) groups is 1. The van der Waals surface area contributed by atoms with E-state index in [1.165, 1.54) is 11.9 Å². The van der Waals surface area contributed by atoms with Gasteiger partial charge in [0.2, 0.25) is 0 Å². The molecule has 8 heteroatoms. The van der Waals surface area contributed by atoms with Gasteiger partial charge in [0.25, 0.3) is 0 Å². The molecule has 2 N–H and O–H groups in total. The van der Waals surface area contributed by atoms with Crippen molar-refractivity contribution in [2.24, 2.45) is 4.99 Å². The van der Waals surface area contributed by atoms with Crippen molar-refractivity contribution in [3.8, 4) is 0 Å². The summed E-state index contributed by atoms with van der Waals surface area (Å²) in [4.78, 5) is 5.40. The number of nitrogens with zero attached hydrogens (tertiary/aromatic N) is 2. The van der Waals surface area contributed by atoms with Gasteiger partial charge >= 0.3 is 6.18 Å². The Kier molecular flexibility index (Phi) is 11.0. The van der Waals surface area contributed by atoms with Crippen LogP contribution >= 0.6 is 24.0 Å². The minimum Gasteiger partial charge on any atom is -0.356 e. The van der Waals surface area contributed by atoms with Crippen molar-refractivity contribution >= 4 is 29.9 Å². The van der Waals surface area contributed by atoms with Crippen molar-refractivity contribution in [3.05, 3.63) is 35.9 Å². The van der Waals surface area contributed by atoms with Crippen LogP contribution in [0, 0.1) is 0 Å². The molecule has 0 radical (unpaired) electrons. The van der Waals surface area contributed by atoms with E-state index < -0.39 is 12.7 Å². The second-order valence-electron chi connectivity index (χ2n) is 5.48. The van der Waals surface area contributed by atoms with Gasteiger partial charge in [-0.15, -0.1) is 24.0 Å². The van der Waals surface area contributed by atoms with Crippen molar-refractivity contribution < 1.29 is 13.2 Å². The predicted molar refractivity (Wildman–Crippen MR) is 103 cm³/mol. The van der Waals surface area contributed by atoms with Crippen LogP contribution in [0.25, 0.3) is 0 Å². The van der Waals surface area contributed by atoms with Crippen LogP contribution in [-0.2, 0) is 0 Å². The largest absolute Gasteiger partial charge is 0.401 e. The number of hydrogen-bond acceptors (Lipinski definition) is 2. The number of halogens is 4. The fourth-order valence-electron chi connectivity index (χ4n) is 2.17. The van der Waals surface area contributed by atoms with Crippen LogP contribution in [0.5, 0.6) is 0 Å². The molecule has 0 aliphatic heterocycles. The average Bonchev–Trinajstić information content (AvgIpc) is 2.49. The quantitative estimate of drug-likeness (QED) is 0.285. The van der Waals surface area contributed by atoms with Gasteiger partial charge in [-0.25, -0.2) is 0 Å². The first-order valence-electron chi connectivity index (χ1n) is 7.59. The highest BCUT2D eigenvalue weighted by atomic mass is 127. The summed E-state index contributed by atoms with van der Waals surface area (Å²) in [6.07, 6.45) is -3.54. The molecule has 1 unspecified atom stereocenters. The van der Waals surface area contributed by atoms with E-state index in [1.54, 1.807) is 7.05 Å². The Morgan fingerprint density at radius 3 is 2.42 bits per heavy atom. The standard InChI is InChI=1S/C16H25F3N4.HI/c1-13(14-8-5-4-6-9-14)22-15(20-2)21-10-7-11-23(3)12-16(17,18)19;/h4-6,8-9,13H,7,10-12H2,1-3H3,(H2,20,21,22);1H. The maximum Gasteiger partial charge on any atom is 0.401 e. The zero-order chi connectivity index (χ0) is 17.3. The second kappa shape index (κ2) is 11.5. The third-order valence-electron chi connectivity index (χ3n) is 3.33. The number of rotatable bonds is 7. The first-order chi connectivity index (χ1) is 10.8. The van der Waals surface area contributed by atoms with Crippen LogP contribution < -0.4 is 10.6 Å². The van der Waals surface area contributed by atoms with E-state index in [9.17, 15) is 13.2 Å². The van der Waals surface area contributed by atoms with Crippen molar-refractivity contribution in [1.82, 2.24) is 15.5 Å². The lowest BCUT2D eigenvalue weighted by Crippen LogP contribution is -2.40. The molecule has 0 aromatic heterocycles. The first-order valence-corrected chi connectivity index (χ1v) is 7.59. The molecule has 0 aliphatic rings. The minimum absolute atomic E-state index is 0. The Labute approximate surface area is 158 Å². The molecule has 0 heterocycles. The lowest BCUT2D eigenvalue weighted by molar-refractivity contribution is -0.143. The fourth-order valence-corrected chi connectivity index (χ4v) is 2.17. The van der Waals surface area contributed by atoms with Gasteiger partial charge in [0.1, 0.15) is 0 Å². The van der Waals surface area contributed by atoms with E-state index >= 15 is 0 Å². The summed E-state index contributed by atoms with van der Waals surface area (Å²) in [6.45, 7) is 2.07. The van der Waals surface area contributed by atoms with Crippen LogP contribution in [-0.4, -0.2) is 50.8 Å². The SMILES string of the molecule is CN=C(NCCCN(C)CC(F)(F)F)NC(C)c1ccccc1.I. The van der Waals surface area contributed by atoms with Gasteiger partial charge in [0.05, 0.1) is 12.6 Å². The molecular formula is C16H26F3IN4. The molecule has 0 spiro atoms. The smallest absolute Gasteiger partial charge is 0.356 e. The Morgan fingerprint density at radius 1 is 1.25 bits per heavy atom. The van der Waals surface area contributed by atoms with E-state index in [2.05, 4.69) is 15.6 Å². The third kappa shape index (κ3) is 9.96. The summed E-state index contributed by atoms with van der Waals surface area (Å²) in [7, 11) is 3.14. The average molecular weight is 458 g/mol. The zero-order valence-electron chi connectivity index (χ0n) is 14.2. The number of hydrogen-bond donors (Lipinski definition) is 2. The van der Waals surface area contributed by atoms with Crippen LogP contribution in [0.1, 0.15) is 24.9 Å². The summed E-state index contributed by atoms with van der Waals surface area (Å²) in [5.41, 5.74) is 1.14. The maximum absolute atomic E-state index is 12.2. The third-order valence-corrected chi connectivity index (χ3v) is 3.33. The zero-order valence-corrected chi connectivity index (χ0v) is 16.6. The highest BCUT2D eigenvalue weighted by Gasteiger charge is 2.28. The van der Waals surface area contributed by atoms with E-state index in [1.807, 2.05) is 37.3 Å². The monoisotopic (exact) mass is 458 g/mol. The van der Waals surface area contributed by atoms with Crippen molar-refractivity contribution in [2.45, 2.75) is 25.6 Å². The molecule has 0 amide bonds. The Balaban J connectivity index is 0.00000529. The molecular weight excluding hydrogens is 432 g/mol. The first kappa shape index (κ1) is 23.0. The molecule has 24 heavy (non-hydrogen) atoms. The Morgan fingerprint density at radius 2 is 1.88 bits per heavy atom. The van der Waals surface area contributed by atoms with Crippen LogP contribution in [0.3, 0.4) is 0 Å². The van der Waals surface area contributed by atoms with Gasteiger partial charge < -0.3 is 10.6 Å². The number of nitrogens with one attached hydrogen (secondary N) is 2. The number of benzene rings is 1. The highest BCUT2D eigenvalue weighted by molar-refractivity contribution is 14.0. The molecule has 4 nitrogen and oxygen atoms in total. The highest BCUT2D eigenvalue weighted by Crippen LogP contribution is 2.15. The topological polar surface area (TPSA) is 39.7 Å². The van der Waals surface area contributed by atoms with Gasteiger partial charge in [-0.05, 0) is 32.5 Å². The van der Waals surface area contributed by atoms with E-state index in [-0.39, 0.29) is 30.0 Å². The predicted octanol–water partition coefficient (Wildman–Crippen LogP) is 3.41. The molecule has 138 valence electrons. The van der Waals surface area contributed by atoms with Crippen molar-refractivity contribution in [3.63, 3.8) is 0 Å². The summed E-state index contributed by atoms with van der Waals surface area (Å²) in [6, 6.07) is 10.0. The van der Waals surface area contributed by atoms with Gasteiger partial charge in [0, 0.05) is 13.6 Å². The molecule has 0 aliphatic carbocycles. The van der Waals surface area contributed by atoms with E-state index in [0.717, 1.165) is 5.56 Å². The van der Waals surface area contributed by atoms with Crippen molar-refractivity contribution in [1.29, 1.82) is 0 Å². The van der Waals surface area contributed by atoms with Gasteiger partial charge in [-0.3, -0.25) is 9.89 Å². The summed E-state index contributed by atoms with van der Waals surface area (Å²) in [5, 5.41) is 6.37. The van der Waals surface area contributed by atoms with Crippen LogP contribution in [0.2, 0.25) is 0 Å². The van der Waals surface area contributed by atoms with Crippen LogP contribution in [0.15, 0.2) is 35.3 Å². The normalized spacial score (nSPS) is 13.4. The number of guanidine groups is 1. The molecule has 1 aromatic carbocycles. The van der Waals surface area contributed by atoms with Crippen molar-refractivity contribution in [2.75, 3.05) is 33.7 Å². The molecule has 1 aromatic rings. The van der Waals surface area contributed by atoms with E-state index in [4.69, 9.17) is 0 Å². The molecule has 0 saturated heterocycles. The molecule has 0 saturated carbocycles. The minimum atomic E-state index is -4.15. The summed E-state index contributed by atoms with van der Waals surface area (Å²) in [5.74, 6) is 0.639. The molecule has 0 fully saturated rings. The van der Waals surface area contributed by atoms with Gasteiger partial charge in [0.15, 0.2) is 5.96 Å². The fraction of sp³-hybridized carbons (Fsp3) is 0.562. The molecule has 0 bridgehead atoms. The summed E-state index contributed by atoms with van der Waals surface area (Å²) < 4.78 is 36.6. The van der Waals surface area contributed by atoms with Gasteiger partial charge in [-0.2, -0.15) is 13.2 Å². The molecule has 1 atom stereocenters. The van der Waals surface area contributed by atoms with Crippen LogP contribution in [0.4, 0.5) is 13.2 Å². The van der Waals surface area contributed by atoms with Gasteiger partial charge in [-0.1, -0.05) is 30.3 Å². The molecule has 1 rings (SSSR count). The Hall–Kier alpha value is -1.03. The Bertz CT molecular complexity index is 480. The summed E-state index contributed by atoms with van der Waals surface area (Å²) >= 11 is 0. The lowest BCUT2D eigenvalue weighted by atomic mass is 10.1.